The number of hydrogen-bond donors (Lipinski definition) is 0. The average Bonchev–Trinajstić information content (AvgIpc) is 2.70. The van der Waals surface area contributed by atoms with Crippen LogP contribution >= 0.6 is 15.9 Å². The lowest BCUT2D eigenvalue weighted by Gasteiger charge is -2.19. The summed E-state index contributed by atoms with van der Waals surface area (Å²) in [5.74, 6) is 0. The Balaban J connectivity index is 2.25. The van der Waals surface area contributed by atoms with E-state index < -0.39 is 6.43 Å². The van der Waals surface area contributed by atoms with E-state index in [4.69, 9.17) is 0 Å². The summed E-state index contributed by atoms with van der Waals surface area (Å²) in [5.41, 5.74) is 1.10. The molecule has 1 aromatic rings. The molecule has 1 aliphatic rings. The summed E-state index contributed by atoms with van der Waals surface area (Å²) >= 11 is 3.35. The van der Waals surface area contributed by atoms with Crippen LogP contribution in [0.3, 0.4) is 0 Å². The third-order valence-corrected chi connectivity index (χ3v) is 3.31. The van der Waals surface area contributed by atoms with Gasteiger partial charge in [-0.05, 0) is 40.9 Å². The van der Waals surface area contributed by atoms with Crippen LogP contribution in [-0.4, -0.2) is 13.1 Å². The van der Waals surface area contributed by atoms with Crippen LogP contribution < -0.4 is 4.90 Å². The van der Waals surface area contributed by atoms with Gasteiger partial charge in [-0.3, -0.25) is 0 Å². The molecular formula is C11H12BrF2N. The van der Waals surface area contributed by atoms with Crippen LogP contribution in [0.5, 0.6) is 0 Å². The first kappa shape index (κ1) is 10.9. The molecule has 0 bridgehead atoms. The number of alkyl halides is 2. The molecule has 1 aliphatic heterocycles. The van der Waals surface area contributed by atoms with Crippen LogP contribution in [0.15, 0.2) is 22.7 Å². The Bertz CT molecular complexity index is 348. The first-order valence-corrected chi connectivity index (χ1v) is 5.80. The zero-order chi connectivity index (χ0) is 10.8. The second-order valence-electron chi connectivity index (χ2n) is 3.71. The first-order chi connectivity index (χ1) is 7.18. The highest BCUT2D eigenvalue weighted by Crippen LogP contribution is 2.32. The van der Waals surface area contributed by atoms with Crippen molar-refractivity contribution >= 4 is 21.6 Å². The van der Waals surface area contributed by atoms with Gasteiger partial charge in [0.2, 0.25) is 0 Å². The van der Waals surface area contributed by atoms with Gasteiger partial charge >= 0.3 is 0 Å². The fourth-order valence-electron chi connectivity index (χ4n) is 1.87. The van der Waals surface area contributed by atoms with Crippen LogP contribution in [0, 0.1) is 0 Å². The quantitative estimate of drug-likeness (QED) is 0.789. The summed E-state index contributed by atoms with van der Waals surface area (Å²) < 4.78 is 25.6. The number of rotatable bonds is 2. The molecule has 0 aliphatic carbocycles. The zero-order valence-electron chi connectivity index (χ0n) is 8.22. The molecule has 0 N–H and O–H groups in total. The highest BCUT2D eigenvalue weighted by atomic mass is 79.9. The highest BCUT2D eigenvalue weighted by molar-refractivity contribution is 9.10. The predicted octanol–water partition coefficient (Wildman–Crippen LogP) is 3.99. The molecule has 82 valence electrons. The predicted molar refractivity (Wildman–Crippen MR) is 60.5 cm³/mol. The van der Waals surface area contributed by atoms with Crippen molar-refractivity contribution in [3.63, 3.8) is 0 Å². The van der Waals surface area contributed by atoms with Crippen molar-refractivity contribution in [1.29, 1.82) is 0 Å². The van der Waals surface area contributed by atoms with E-state index in [1.165, 1.54) is 25.0 Å². The van der Waals surface area contributed by atoms with Gasteiger partial charge in [0.1, 0.15) is 0 Å². The van der Waals surface area contributed by atoms with E-state index >= 15 is 0 Å². The van der Waals surface area contributed by atoms with Crippen molar-refractivity contribution in [3.8, 4) is 0 Å². The van der Waals surface area contributed by atoms with Gasteiger partial charge in [-0.25, -0.2) is 8.78 Å². The third kappa shape index (κ3) is 2.30. The van der Waals surface area contributed by atoms with Gasteiger partial charge in [0.25, 0.3) is 6.43 Å². The van der Waals surface area contributed by atoms with E-state index in [0.29, 0.717) is 0 Å². The van der Waals surface area contributed by atoms with E-state index in [9.17, 15) is 8.78 Å². The van der Waals surface area contributed by atoms with Crippen LogP contribution in [-0.2, 0) is 0 Å². The van der Waals surface area contributed by atoms with Gasteiger partial charge in [-0.15, -0.1) is 0 Å². The van der Waals surface area contributed by atoms with Crippen molar-refractivity contribution in [1.82, 2.24) is 0 Å². The normalized spacial score (nSPS) is 16.4. The number of nitrogens with zero attached hydrogens (tertiary/aromatic N) is 1. The summed E-state index contributed by atoms with van der Waals surface area (Å²) in [4.78, 5) is 2.22. The minimum atomic E-state index is -2.39. The van der Waals surface area contributed by atoms with Crippen molar-refractivity contribution in [2.45, 2.75) is 19.3 Å². The molecule has 1 saturated heterocycles. The lowest BCUT2D eigenvalue weighted by molar-refractivity contribution is 0.151. The molecule has 0 aromatic heterocycles. The minimum absolute atomic E-state index is 0.0739. The fourth-order valence-corrected chi connectivity index (χ4v) is 2.52. The maximum atomic E-state index is 12.4. The van der Waals surface area contributed by atoms with Crippen molar-refractivity contribution in [3.05, 3.63) is 28.2 Å². The van der Waals surface area contributed by atoms with Crippen molar-refractivity contribution < 1.29 is 8.78 Å². The number of halogens is 3. The van der Waals surface area contributed by atoms with E-state index in [0.717, 1.165) is 23.2 Å². The molecule has 15 heavy (non-hydrogen) atoms. The monoisotopic (exact) mass is 275 g/mol. The summed E-state index contributed by atoms with van der Waals surface area (Å²) in [5, 5.41) is 0. The summed E-state index contributed by atoms with van der Waals surface area (Å²) in [6, 6.07) is 4.79. The molecule has 0 amide bonds. The molecule has 1 aromatic carbocycles. The number of anilines is 1. The Morgan fingerprint density at radius 1 is 1.20 bits per heavy atom. The number of benzene rings is 1. The maximum Gasteiger partial charge on any atom is 0.263 e. The first-order valence-electron chi connectivity index (χ1n) is 5.01. The Kier molecular flexibility index (Phi) is 3.24. The third-order valence-electron chi connectivity index (χ3n) is 2.67. The Morgan fingerprint density at radius 3 is 2.40 bits per heavy atom. The molecule has 0 radical (unpaired) electrons. The standard InChI is InChI=1S/C11H12BrF2N/c12-9-7-8(11(13)14)3-4-10(9)15-5-1-2-6-15/h3-4,7,11H,1-2,5-6H2. The fraction of sp³-hybridized carbons (Fsp3) is 0.455. The molecule has 0 unspecified atom stereocenters. The van der Waals surface area contributed by atoms with Crippen LogP contribution in [0.4, 0.5) is 14.5 Å². The van der Waals surface area contributed by atoms with Gasteiger partial charge in [0.15, 0.2) is 0 Å². The van der Waals surface area contributed by atoms with E-state index in [1.54, 1.807) is 6.07 Å². The van der Waals surface area contributed by atoms with Crippen molar-refractivity contribution in [2.75, 3.05) is 18.0 Å². The van der Waals surface area contributed by atoms with Crippen LogP contribution in [0.1, 0.15) is 24.8 Å². The largest absolute Gasteiger partial charge is 0.371 e. The highest BCUT2D eigenvalue weighted by Gasteiger charge is 2.16. The molecule has 1 fully saturated rings. The molecule has 2 rings (SSSR count). The maximum absolute atomic E-state index is 12.4. The van der Waals surface area contributed by atoms with Gasteiger partial charge < -0.3 is 4.90 Å². The molecular weight excluding hydrogens is 264 g/mol. The Labute approximate surface area is 96.2 Å². The van der Waals surface area contributed by atoms with E-state index in [-0.39, 0.29) is 5.56 Å². The minimum Gasteiger partial charge on any atom is -0.371 e. The SMILES string of the molecule is FC(F)c1ccc(N2CCCC2)c(Br)c1. The molecule has 1 heterocycles. The summed E-state index contributed by atoms with van der Waals surface area (Å²) in [6.45, 7) is 2.04. The van der Waals surface area contributed by atoms with Gasteiger partial charge in [0, 0.05) is 23.1 Å². The van der Waals surface area contributed by atoms with Gasteiger partial charge in [0.05, 0.1) is 5.69 Å². The second kappa shape index (κ2) is 4.47. The summed E-state index contributed by atoms with van der Waals surface area (Å²) in [7, 11) is 0. The molecule has 0 spiro atoms. The Morgan fingerprint density at radius 2 is 1.87 bits per heavy atom. The molecule has 0 saturated carbocycles. The summed E-state index contributed by atoms with van der Waals surface area (Å²) in [6.07, 6.45) is -0.0274. The van der Waals surface area contributed by atoms with E-state index in [2.05, 4.69) is 20.8 Å². The lowest BCUT2D eigenvalue weighted by atomic mass is 10.2. The lowest BCUT2D eigenvalue weighted by Crippen LogP contribution is -2.18. The van der Waals surface area contributed by atoms with Crippen LogP contribution in [0.25, 0.3) is 0 Å². The molecule has 0 atom stereocenters. The Hall–Kier alpha value is -0.640. The van der Waals surface area contributed by atoms with Gasteiger partial charge in [-0.1, -0.05) is 6.07 Å². The average molecular weight is 276 g/mol. The zero-order valence-corrected chi connectivity index (χ0v) is 9.80. The topological polar surface area (TPSA) is 3.24 Å². The number of hydrogen-bond acceptors (Lipinski definition) is 1. The van der Waals surface area contributed by atoms with E-state index in [1.807, 2.05) is 0 Å². The second-order valence-corrected chi connectivity index (χ2v) is 4.56. The molecule has 4 heteroatoms. The smallest absolute Gasteiger partial charge is 0.263 e. The van der Waals surface area contributed by atoms with Crippen molar-refractivity contribution in [2.24, 2.45) is 0 Å². The van der Waals surface area contributed by atoms with Gasteiger partial charge in [-0.2, -0.15) is 0 Å². The van der Waals surface area contributed by atoms with Crippen LogP contribution in [0.2, 0.25) is 0 Å². The molecule has 1 nitrogen and oxygen atoms in total.